The van der Waals surface area contributed by atoms with E-state index in [4.69, 9.17) is 9.47 Å². The molecule has 5 heteroatoms. The Morgan fingerprint density at radius 2 is 2.21 bits per heavy atom. The van der Waals surface area contributed by atoms with E-state index in [1.165, 1.54) is 25.7 Å². The van der Waals surface area contributed by atoms with E-state index in [2.05, 4.69) is 5.32 Å². The molecule has 0 aromatic carbocycles. The second-order valence-electron chi connectivity index (χ2n) is 6.02. The minimum atomic E-state index is 0.0779. The molecule has 2 aliphatic carbocycles. The van der Waals surface area contributed by atoms with Gasteiger partial charge in [-0.05, 0) is 37.5 Å². The highest BCUT2D eigenvalue weighted by atomic mass is 16.5. The number of urea groups is 1. The third-order valence-corrected chi connectivity index (χ3v) is 4.44. The van der Waals surface area contributed by atoms with E-state index in [9.17, 15) is 4.79 Å². The Hall–Kier alpha value is -0.810. The first-order valence-electron chi connectivity index (χ1n) is 7.43. The van der Waals surface area contributed by atoms with Crippen LogP contribution in [-0.4, -0.2) is 56.5 Å². The summed E-state index contributed by atoms with van der Waals surface area (Å²) >= 11 is 0. The molecular formula is C14H24N2O3. The Morgan fingerprint density at radius 3 is 2.84 bits per heavy atom. The van der Waals surface area contributed by atoms with Crippen molar-refractivity contribution in [3.05, 3.63) is 0 Å². The van der Waals surface area contributed by atoms with E-state index < -0.39 is 0 Å². The zero-order chi connectivity index (χ0) is 13.2. The molecule has 3 aliphatic rings. The summed E-state index contributed by atoms with van der Waals surface area (Å²) in [5.74, 6) is 1.28. The molecule has 1 N–H and O–H groups in total. The van der Waals surface area contributed by atoms with Gasteiger partial charge >= 0.3 is 6.03 Å². The van der Waals surface area contributed by atoms with Gasteiger partial charge in [-0.15, -0.1) is 0 Å². The number of nitrogens with one attached hydrogen (secondary N) is 1. The number of nitrogens with zero attached hydrogens (tertiary/aromatic N) is 1. The molecule has 0 radical (unpaired) electrons. The lowest BCUT2D eigenvalue weighted by atomic mass is 10.1. The summed E-state index contributed by atoms with van der Waals surface area (Å²) in [6, 6.07) is 0.547. The number of morpholine rings is 1. The summed E-state index contributed by atoms with van der Waals surface area (Å²) in [6.45, 7) is 2.71. The maximum atomic E-state index is 12.5. The average molecular weight is 268 g/mol. The van der Waals surface area contributed by atoms with Gasteiger partial charge in [-0.3, -0.25) is 0 Å². The van der Waals surface area contributed by atoms with Gasteiger partial charge in [-0.25, -0.2) is 4.79 Å². The van der Waals surface area contributed by atoms with Crippen LogP contribution in [-0.2, 0) is 9.47 Å². The molecule has 1 saturated heterocycles. The van der Waals surface area contributed by atoms with Gasteiger partial charge in [0.1, 0.15) is 0 Å². The number of carbonyl (C=O) groups is 1. The molecule has 2 atom stereocenters. The van der Waals surface area contributed by atoms with E-state index in [0.717, 1.165) is 6.54 Å². The van der Waals surface area contributed by atoms with Gasteiger partial charge in [0.05, 0.1) is 31.9 Å². The molecule has 0 spiro atoms. The lowest BCUT2D eigenvalue weighted by Gasteiger charge is -2.36. The number of ether oxygens (including phenoxy) is 2. The first kappa shape index (κ1) is 13.2. The summed E-state index contributed by atoms with van der Waals surface area (Å²) in [5, 5.41) is 3.17. The van der Waals surface area contributed by atoms with E-state index in [1.807, 2.05) is 4.90 Å². The Kier molecular flexibility index (Phi) is 3.93. The Balaban J connectivity index is 1.57. The number of carbonyl (C=O) groups excluding carboxylic acids is 1. The Morgan fingerprint density at radius 1 is 1.42 bits per heavy atom. The monoisotopic (exact) mass is 268 g/mol. The average Bonchev–Trinajstić information content (AvgIpc) is 3.31. The molecule has 108 valence electrons. The molecule has 3 rings (SSSR count). The maximum absolute atomic E-state index is 12.5. The molecule has 0 aromatic heterocycles. The highest BCUT2D eigenvalue weighted by Crippen LogP contribution is 2.37. The van der Waals surface area contributed by atoms with Crippen molar-refractivity contribution in [2.24, 2.45) is 11.8 Å². The fraction of sp³-hybridized carbons (Fsp3) is 0.929. The van der Waals surface area contributed by atoms with Crippen molar-refractivity contribution in [2.45, 2.75) is 37.8 Å². The van der Waals surface area contributed by atoms with Gasteiger partial charge in [0.2, 0.25) is 0 Å². The van der Waals surface area contributed by atoms with Crippen LogP contribution in [0.15, 0.2) is 0 Å². The zero-order valence-corrected chi connectivity index (χ0v) is 11.6. The van der Waals surface area contributed by atoms with Crippen LogP contribution in [0.2, 0.25) is 0 Å². The van der Waals surface area contributed by atoms with Crippen molar-refractivity contribution in [1.82, 2.24) is 10.2 Å². The summed E-state index contributed by atoms with van der Waals surface area (Å²) in [4.78, 5) is 14.5. The van der Waals surface area contributed by atoms with Gasteiger partial charge in [0.15, 0.2) is 0 Å². The van der Waals surface area contributed by atoms with Crippen molar-refractivity contribution in [1.29, 1.82) is 0 Å². The van der Waals surface area contributed by atoms with Crippen LogP contribution in [0.4, 0.5) is 4.79 Å². The lowest BCUT2D eigenvalue weighted by Crippen LogP contribution is -2.56. The highest BCUT2D eigenvalue weighted by Gasteiger charge is 2.40. The van der Waals surface area contributed by atoms with Crippen molar-refractivity contribution in [3.63, 3.8) is 0 Å². The third kappa shape index (κ3) is 3.20. The minimum absolute atomic E-state index is 0.0779. The molecule has 0 bridgehead atoms. The molecule has 0 aromatic rings. The Bertz CT molecular complexity index is 329. The molecule has 3 fully saturated rings. The van der Waals surface area contributed by atoms with Crippen LogP contribution in [0.5, 0.6) is 0 Å². The van der Waals surface area contributed by atoms with Crippen LogP contribution in [0, 0.1) is 11.8 Å². The first-order chi connectivity index (χ1) is 9.29. The minimum Gasteiger partial charge on any atom is -0.383 e. The van der Waals surface area contributed by atoms with Crippen molar-refractivity contribution in [3.8, 4) is 0 Å². The number of hydrogen-bond donors (Lipinski definition) is 1. The fourth-order valence-electron chi connectivity index (χ4n) is 2.96. The maximum Gasteiger partial charge on any atom is 0.318 e. The van der Waals surface area contributed by atoms with E-state index >= 15 is 0 Å². The predicted octanol–water partition coefficient (Wildman–Crippen LogP) is 1.23. The molecule has 2 amide bonds. The molecular weight excluding hydrogens is 244 g/mol. The Labute approximate surface area is 114 Å². The zero-order valence-electron chi connectivity index (χ0n) is 11.6. The lowest BCUT2D eigenvalue weighted by molar-refractivity contribution is 0.00325. The van der Waals surface area contributed by atoms with Gasteiger partial charge < -0.3 is 19.7 Å². The quantitative estimate of drug-likeness (QED) is 0.816. The fourth-order valence-corrected chi connectivity index (χ4v) is 2.96. The smallest absolute Gasteiger partial charge is 0.318 e. The van der Waals surface area contributed by atoms with E-state index in [0.29, 0.717) is 31.7 Å². The molecule has 5 nitrogen and oxygen atoms in total. The van der Waals surface area contributed by atoms with E-state index in [1.54, 1.807) is 7.11 Å². The summed E-state index contributed by atoms with van der Waals surface area (Å²) in [6.07, 6.45) is 4.90. The second kappa shape index (κ2) is 5.67. The third-order valence-electron chi connectivity index (χ3n) is 4.44. The number of amides is 2. The van der Waals surface area contributed by atoms with Crippen LogP contribution in [0.3, 0.4) is 0 Å². The standard InChI is InChI=1S/C14H24N2O3/c1-18-8-12(10-2-3-10)15-14(17)16-6-7-19-9-13(16)11-4-5-11/h10-13H,2-9H2,1H3,(H,15,17)/t12-,13-/m0/s1. The highest BCUT2D eigenvalue weighted by molar-refractivity contribution is 5.75. The number of methoxy groups -OCH3 is 1. The molecule has 1 aliphatic heterocycles. The first-order valence-corrected chi connectivity index (χ1v) is 7.43. The normalized spacial score (nSPS) is 29.1. The molecule has 0 unspecified atom stereocenters. The number of hydrogen-bond acceptors (Lipinski definition) is 3. The van der Waals surface area contributed by atoms with Crippen molar-refractivity contribution in [2.75, 3.05) is 33.5 Å². The largest absolute Gasteiger partial charge is 0.383 e. The van der Waals surface area contributed by atoms with Crippen LogP contribution in [0.25, 0.3) is 0 Å². The van der Waals surface area contributed by atoms with Gasteiger partial charge in [-0.2, -0.15) is 0 Å². The molecule has 2 saturated carbocycles. The second-order valence-corrected chi connectivity index (χ2v) is 6.02. The van der Waals surface area contributed by atoms with Crippen molar-refractivity contribution < 1.29 is 14.3 Å². The van der Waals surface area contributed by atoms with Gasteiger partial charge in [-0.1, -0.05) is 0 Å². The van der Waals surface area contributed by atoms with Crippen molar-refractivity contribution >= 4 is 6.03 Å². The summed E-state index contributed by atoms with van der Waals surface area (Å²) in [7, 11) is 1.70. The summed E-state index contributed by atoms with van der Waals surface area (Å²) in [5.41, 5.74) is 0. The molecule has 19 heavy (non-hydrogen) atoms. The van der Waals surface area contributed by atoms with Crippen LogP contribution < -0.4 is 5.32 Å². The van der Waals surface area contributed by atoms with Crippen LogP contribution >= 0.6 is 0 Å². The topological polar surface area (TPSA) is 50.8 Å². The summed E-state index contributed by atoms with van der Waals surface area (Å²) < 4.78 is 10.8. The van der Waals surface area contributed by atoms with Gasteiger partial charge in [0.25, 0.3) is 0 Å². The SMILES string of the molecule is COC[C@H](NC(=O)N1CCOC[C@H]1C1CC1)C1CC1. The van der Waals surface area contributed by atoms with Gasteiger partial charge in [0, 0.05) is 13.7 Å². The van der Waals surface area contributed by atoms with Crippen LogP contribution in [0.1, 0.15) is 25.7 Å². The van der Waals surface area contributed by atoms with E-state index in [-0.39, 0.29) is 18.1 Å². The predicted molar refractivity (Wildman–Crippen MR) is 71.0 cm³/mol. The molecule has 1 heterocycles. The number of rotatable bonds is 5.